The molecule has 0 radical (unpaired) electrons. The second kappa shape index (κ2) is 6.26. The van der Waals surface area contributed by atoms with Crippen LogP contribution < -0.4 is 5.32 Å². The van der Waals surface area contributed by atoms with Crippen molar-refractivity contribution in [3.63, 3.8) is 0 Å². The number of anilines is 1. The monoisotopic (exact) mass is 283 g/mol. The summed E-state index contributed by atoms with van der Waals surface area (Å²) < 4.78 is 5.15. The van der Waals surface area contributed by atoms with Gasteiger partial charge in [0.1, 0.15) is 5.01 Å². The van der Waals surface area contributed by atoms with Crippen LogP contribution in [-0.4, -0.2) is 24.1 Å². The second-order valence-corrected chi connectivity index (χ2v) is 5.80. The maximum atomic E-state index is 5.15. The Balaban J connectivity index is 2.34. The van der Waals surface area contributed by atoms with Crippen LogP contribution in [0.2, 0.25) is 0 Å². The van der Waals surface area contributed by atoms with E-state index in [0.717, 1.165) is 34.4 Å². The number of aryl methyl sites for hydroxylation is 1. The molecule has 0 aromatic carbocycles. The number of ether oxygens (including phenoxy) is 1. The summed E-state index contributed by atoms with van der Waals surface area (Å²) in [6.45, 7) is 2.74. The Kier molecular flexibility index (Phi) is 4.68. The molecule has 0 aliphatic carbocycles. The van der Waals surface area contributed by atoms with Crippen LogP contribution in [0.25, 0.3) is 10.6 Å². The highest BCUT2D eigenvalue weighted by molar-refractivity contribution is 7.16. The van der Waals surface area contributed by atoms with Crippen molar-refractivity contribution in [1.82, 2.24) is 9.97 Å². The SMILES string of the molecule is CCCc1nc(COC)sc1-c1csc(NC)n1. The van der Waals surface area contributed by atoms with Gasteiger partial charge in [-0.25, -0.2) is 9.97 Å². The molecule has 4 nitrogen and oxygen atoms in total. The van der Waals surface area contributed by atoms with Gasteiger partial charge in [0, 0.05) is 19.5 Å². The number of hydrogen-bond donors (Lipinski definition) is 1. The molecule has 6 heteroatoms. The van der Waals surface area contributed by atoms with Crippen molar-refractivity contribution in [2.24, 2.45) is 0 Å². The molecule has 0 bridgehead atoms. The summed E-state index contributed by atoms with van der Waals surface area (Å²) in [5, 5.41) is 7.11. The maximum Gasteiger partial charge on any atom is 0.182 e. The highest BCUT2D eigenvalue weighted by atomic mass is 32.1. The molecule has 0 aliphatic heterocycles. The Morgan fingerprint density at radius 1 is 1.39 bits per heavy atom. The van der Waals surface area contributed by atoms with Crippen LogP contribution in [0.4, 0.5) is 5.13 Å². The number of thiazole rings is 2. The predicted octanol–water partition coefficient (Wildman–Crippen LogP) is 3.41. The minimum absolute atomic E-state index is 0.574. The summed E-state index contributed by atoms with van der Waals surface area (Å²) >= 11 is 3.30. The fraction of sp³-hybridized carbons (Fsp3) is 0.500. The van der Waals surface area contributed by atoms with Gasteiger partial charge in [-0.15, -0.1) is 22.7 Å². The smallest absolute Gasteiger partial charge is 0.182 e. The average Bonchev–Trinajstić information content (AvgIpc) is 2.96. The number of nitrogens with one attached hydrogen (secondary N) is 1. The Morgan fingerprint density at radius 3 is 2.83 bits per heavy atom. The first-order valence-corrected chi connectivity index (χ1v) is 7.59. The van der Waals surface area contributed by atoms with E-state index in [2.05, 4.69) is 27.6 Å². The molecule has 0 fully saturated rings. The zero-order valence-corrected chi connectivity index (χ0v) is 12.5. The van der Waals surface area contributed by atoms with Gasteiger partial charge in [-0.2, -0.15) is 0 Å². The van der Waals surface area contributed by atoms with Crippen molar-refractivity contribution in [2.45, 2.75) is 26.4 Å². The van der Waals surface area contributed by atoms with E-state index in [-0.39, 0.29) is 0 Å². The third-order valence-electron chi connectivity index (χ3n) is 2.45. The first kappa shape index (κ1) is 13.5. The van der Waals surface area contributed by atoms with E-state index in [1.165, 1.54) is 4.88 Å². The van der Waals surface area contributed by atoms with Gasteiger partial charge in [0.25, 0.3) is 0 Å². The number of methoxy groups -OCH3 is 1. The Labute approximate surface area is 115 Å². The van der Waals surface area contributed by atoms with E-state index in [0.29, 0.717) is 6.61 Å². The Hall–Kier alpha value is -0.980. The third-order valence-corrected chi connectivity index (χ3v) is 4.40. The topological polar surface area (TPSA) is 47.0 Å². The van der Waals surface area contributed by atoms with Crippen molar-refractivity contribution >= 4 is 27.8 Å². The lowest BCUT2D eigenvalue weighted by Crippen LogP contribution is -1.90. The molecule has 0 unspecified atom stereocenters. The minimum Gasteiger partial charge on any atom is -0.378 e. The number of hydrogen-bond acceptors (Lipinski definition) is 6. The van der Waals surface area contributed by atoms with Crippen LogP contribution in [0.3, 0.4) is 0 Å². The van der Waals surface area contributed by atoms with Crippen LogP contribution in [0.5, 0.6) is 0 Å². The number of rotatable bonds is 6. The zero-order chi connectivity index (χ0) is 13.0. The van der Waals surface area contributed by atoms with E-state index < -0.39 is 0 Å². The van der Waals surface area contributed by atoms with Crippen LogP contribution in [0.1, 0.15) is 24.0 Å². The molecule has 2 aromatic rings. The molecular weight excluding hydrogens is 266 g/mol. The average molecular weight is 283 g/mol. The van der Waals surface area contributed by atoms with E-state index in [1.54, 1.807) is 29.8 Å². The molecule has 18 heavy (non-hydrogen) atoms. The number of nitrogens with zero attached hydrogens (tertiary/aromatic N) is 2. The van der Waals surface area contributed by atoms with Gasteiger partial charge < -0.3 is 10.1 Å². The van der Waals surface area contributed by atoms with Crippen molar-refractivity contribution < 1.29 is 4.74 Å². The molecule has 2 aromatic heterocycles. The third kappa shape index (κ3) is 2.88. The first-order chi connectivity index (χ1) is 8.78. The quantitative estimate of drug-likeness (QED) is 0.882. The van der Waals surface area contributed by atoms with E-state index in [9.17, 15) is 0 Å². The van der Waals surface area contributed by atoms with Crippen molar-refractivity contribution in [3.8, 4) is 10.6 Å². The van der Waals surface area contributed by atoms with Crippen LogP contribution in [-0.2, 0) is 17.8 Å². The molecule has 0 amide bonds. The van der Waals surface area contributed by atoms with Gasteiger partial charge in [-0.05, 0) is 6.42 Å². The lowest BCUT2D eigenvalue weighted by Gasteiger charge is -1.96. The predicted molar refractivity (Wildman–Crippen MR) is 77.5 cm³/mol. The summed E-state index contributed by atoms with van der Waals surface area (Å²) in [5.41, 5.74) is 2.16. The standard InChI is InChI=1S/C12H17N3OS2/c1-4-5-8-11(18-10(14-8)6-16-3)9-7-17-12(13-2)15-9/h7H,4-6H2,1-3H3,(H,13,15). The molecule has 0 saturated heterocycles. The number of aromatic nitrogens is 2. The van der Waals surface area contributed by atoms with E-state index in [1.807, 2.05) is 7.05 Å². The molecule has 2 rings (SSSR count). The first-order valence-electron chi connectivity index (χ1n) is 5.89. The fourth-order valence-electron chi connectivity index (χ4n) is 1.69. The van der Waals surface area contributed by atoms with Crippen LogP contribution in [0, 0.1) is 0 Å². The summed E-state index contributed by atoms with van der Waals surface area (Å²) in [5.74, 6) is 0. The van der Waals surface area contributed by atoms with Crippen molar-refractivity contribution in [2.75, 3.05) is 19.5 Å². The van der Waals surface area contributed by atoms with Gasteiger partial charge in [0.15, 0.2) is 5.13 Å². The van der Waals surface area contributed by atoms with E-state index in [4.69, 9.17) is 4.74 Å². The lowest BCUT2D eigenvalue weighted by molar-refractivity contribution is 0.184. The van der Waals surface area contributed by atoms with Crippen molar-refractivity contribution in [3.05, 3.63) is 16.1 Å². The minimum atomic E-state index is 0.574. The van der Waals surface area contributed by atoms with Gasteiger partial charge in [0.05, 0.1) is 22.9 Å². The van der Waals surface area contributed by atoms with Gasteiger partial charge in [-0.1, -0.05) is 13.3 Å². The molecule has 2 heterocycles. The maximum absolute atomic E-state index is 5.15. The summed E-state index contributed by atoms with van der Waals surface area (Å²) in [7, 11) is 3.58. The van der Waals surface area contributed by atoms with Crippen molar-refractivity contribution in [1.29, 1.82) is 0 Å². The summed E-state index contributed by atoms with van der Waals surface area (Å²) in [4.78, 5) is 10.4. The molecule has 0 atom stereocenters. The Morgan fingerprint density at radius 2 is 2.22 bits per heavy atom. The van der Waals surface area contributed by atoms with Gasteiger partial charge >= 0.3 is 0 Å². The molecular formula is C12H17N3OS2. The lowest BCUT2D eigenvalue weighted by atomic mass is 10.2. The molecule has 0 aliphatic rings. The van der Waals surface area contributed by atoms with Crippen LogP contribution in [0.15, 0.2) is 5.38 Å². The highest BCUT2D eigenvalue weighted by Crippen LogP contribution is 2.33. The van der Waals surface area contributed by atoms with Gasteiger partial charge in [0.2, 0.25) is 0 Å². The normalized spacial score (nSPS) is 10.8. The zero-order valence-electron chi connectivity index (χ0n) is 10.8. The van der Waals surface area contributed by atoms with Gasteiger partial charge in [-0.3, -0.25) is 0 Å². The summed E-state index contributed by atoms with van der Waals surface area (Å²) in [6, 6.07) is 0. The molecule has 98 valence electrons. The van der Waals surface area contributed by atoms with E-state index >= 15 is 0 Å². The summed E-state index contributed by atoms with van der Waals surface area (Å²) in [6.07, 6.45) is 2.08. The largest absolute Gasteiger partial charge is 0.378 e. The molecule has 0 saturated carbocycles. The molecule has 1 N–H and O–H groups in total. The second-order valence-electron chi connectivity index (χ2n) is 3.85. The highest BCUT2D eigenvalue weighted by Gasteiger charge is 2.15. The fourth-order valence-corrected chi connectivity index (χ4v) is 3.47. The molecule has 0 spiro atoms. The van der Waals surface area contributed by atoms with Crippen LogP contribution >= 0.6 is 22.7 Å². The Bertz CT molecular complexity index is 507.